The van der Waals surface area contributed by atoms with Crippen molar-refractivity contribution < 1.29 is 0 Å². The Morgan fingerprint density at radius 2 is 2.62 bits per heavy atom. The molecule has 1 heterocycles. The van der Waals surface area contributed by atoms with Crippen molar-refractivity contribution in [3.05, 3.63) is 11.7 Å². The molecule has 1 atom stereocenters. The predicted molar refractivity (Wildman–Crippen MR) is 34.9 cm³/mol. The lowest BCUT2D eigenvalue weighted by molar-refractivity contribution is 0.668. The third kappa shape index (κ3) is 1.12. The standard InChI is InChI=1S/C5H7BN2/c1-4-7-2-5(6)3-8-4/h2-4,7H,1H3/t4-/m1/s1. The molecular formula is C5H7BN2. The normalized spacial score (nSPS) is 26.6. The Hall–Kier alpha value is -0.725. The van der Waals surface area contributed by atoms with Crippen LogP contribution in [0.1, 0.15) is 6.92 Å². The zero-order valence-electron chi connectivity index (χ0n) is 4.76. The topological polar surface area (TPSA) is 24.4 Å². The van der Waals surface area contributed by atoms with E-state index in [1.165, 1.54) is 0 Å². The molecule has 2 radical (unpaired) electrons. The number of aliphatic imine (C=N–C) groups is 1. The lowest BCUT2D eigenvalue weighted by Crippen LogP contribution is -2.22. The van der Waals surface area contributed by atoms with Crippen LogP contribution in [-0.2, 0) is 0 Å². The molecule has 8 heavy (non-hydrogen) atoms. The van der Waals surface area contributed by atoms with Gasteiger partial charge in [-0.25, -0.2) is 0 Å². The summed E-state index contributed by atoms with van der Waals surface area (Å²) in [6.45, 7) is 1.96. The van der Waals surface area contributed by atoms with Gasteiger partial charge in [0.05, 0.1) is 0 Å². The van der Waals surface area contributed by atoms with Gasteiger partial charge in [-0.05, 0) is 13.1 Å². The maximum atomic E-state index is 5.35. The molecular weight excluding hydrogens is 98.9 g/mol. The molecule has 40 valence electrons. The molecule has 1 N–H and O–H groups in total. The second-order valence-corrected chi connectivity index (χ2v) is 1.77. The third-order valence-electron chi connectivity index (χ3n) is 0.938. The van der Waals surface area contributed by atoms with E-state index in [4.69, 9.17) is 7.85 Å². The monoisotopic (exact) mass is 106 g/mol. The van der Waals surface area contributed by atoms with E-state index in [-0.39, 0.29) is 6.17 Å². The molecule has 0 amide bonds. The van der Waals surface area contributed by atoms with Crippen LogP contribution in [0.25, 0.3) is 0 Å². The number of hydrogen-bond acceptors (Lipinski definition) is 2. The second kappa shape index (κ2) is 2.03. The fraction of sp³-hybridized carbons (Fsp3) is 0.400. The lowest BCUT2D eigenvalue weighted by Gasteiger charge is -2.10. The molecule has 0 aliphatic carbocycles. The van der Waals surface area contributed by atoms with Crippen molar-refractivity contribution in [3.8, 4) is 0 Å². The first kappa shape index (κ1) is 5.41. The Balaban J connectivity index is 2.58. The van der Waals surface area contributed by atoms with Crippen LogP contribution in [0.5, 0.6) is 0 Å². The Labute approximate surface area is 50.1 Å². The van der Waals surface area contributed by atoms with E-state index in [9.17, 15) is 0 Å². The lowest BCUT2D eigenvalue weighted by atomic mass is 9.98. The Morgan fingerprint density at radius 3 is 3.00 bits per heavy atom. The summed E-state index contributed by atoms with van der Waals surface area (Å²) in [6, 6.07) is 0. The summed E-state index contributed by atoms with van der Waals surface area (Å²) >= 11 is 0. The minimum absolute atomic E-state index is 0.183. The summed E-state index contributed by atoms with van der Waals surface area (Å²) in [5.41, 5.74) is 0.683. The molecule has 0 saturated heterocycles. The maximum Gasteiger partial charge on any atom is 0.117 e. The van der Waals surface area contributed by atoms with Gasteiger partial charge >= 0.3 is 0 Å². The van der Waals surface area contributed by atoms with E-state index >= 15 is 0 Å². The fourth-order valence-corrected chi connectivity index (χ4v) is 0.495. The Kier molecular flexibility index (Phi) is 1.37. The molecule has 1 aliphatic rings. The van der Waals surface area contributed by atoms with Crippen molar-refractivity contribution >= 4 is 14.1 Å². The van der Waals surface area contributed by atoms with Gasteiger partial charge in [-0.15, -0.1) is 0 Å². The van der Waals surface area contributed by atoms with Crippen LogP contribution in [0, 0.1) is 0 Å². The van der Waals surface area contributed by atoms with E-state index < -0.39 is 0 Å². The summed E-state index contributed by atoms with van der Waals surface area (Å²) in [4.78, 5) is 3.98. The number of nitrogens with zero attached hydrogens (tertiary/aromatic N) is 1. The van der Waals surface area contributed by atoms with E-state index in [0.29, 0.717) is 5.47 Å². The van der Waals surface area contributed by atoms with Gasteiger partial charge in [0.2, 0.25) is 0 Å². The number of allylic oxidation sites excluding steroid dienone is 1. The summed E-state index contributed by atoms with van der Waals surface area (Å²) in [5.74, 6) is 0. The van der Waals surface area contributed by atoms with Crippen molar-refractivity contribution in [1.82, 2.24) is 5.32 Å². The zero-order chi connectivity index (χ0) is 5.98. The first-order valence-electron chi connectivity index (χ1n) is 2.54. The average molecular weight is 106 g/mol. The van der Waals surface area contributed by atoms with Crippen LogP contribution < -0.4 is 5.32 Å². The maximum absolute atomic E-state index is 5.35. The van der Waals surface area contributed by atoms with Crippen LogP contribution in [0.15, 0.2) is 16.7 Å². The third-order valence-corrected chi connectivity index (χ3v) is 0.938. The van der Waals surface area contributed by atoms with Gasteiger partial charge in [-0.3, -0.25) is 4.99 Å². The molecule has 0 aromatic rings. The van der Waals surface area contributed by atoms with Crippen molar-refractivity contribution in [2.24, 2.45) is 4.99 Å². The summed E-state index contributed by atoms with van der Waals surface area (Å²) in [6.07, 6.45) is 3.58. The molecule has 0 spiro atoms. The quantitative estimate of drug-likeness (QED) is 0.432. The van der Waals surface area contributed by atoms with E-state index in [1.54, 1.807) is 12.4 Å². The van der Waals surface area contributed by atoms with Gasteiger partial charge in [-0.2, -0.15) is 0 Å². The number of nitrogens with one attached hydrogen (secondary N) is 1. The van der Waals surface area contributed by atoms with Crippen LogP contribution in [-0.4, -0.2) is 20.2 Å². The molecule has 1 aliphatic heterocycles. The minimum atomic E-state index is 0.183. The average Bonchev–Trinajstić information content (AvgIpc) is 1.77. The SMILES string of the molecule is [B]C1=CN[C@@H](C)N=C1. The Bertz CT molecular complexity index is 139. The number of hydrogen-bond donors (Lipinski definition) is 1. The van der Waals surface area contributed by atoms with Gasteiger partial charge in [-0.1, -0.05) is 5.47 Å². The van der Waals surface area contributed by atoms with Gasteiger partial charge in [0.15, 0.2) is 0 Å². The van der Waals surface area contributed by atoms with Crippen LogP contribution in [0.3, 0.4) is 0 Å². The number of rotatable bonds is 0. The zero-order valence-corrected chi connectivity index (χ0v) is 4.76. The van der Waals surface area contributed by atoms with E-state index in [0.717, 1.165) is 0 Å². The van der Waals surface area contributed by atoms with Crippen molar-refractivity contribution in [2.45, 2.75) is 13.1 Å². The molecule has 0 saturated carbocycles. The highest BCUT2D eigenvalue weighted by atomic mass is 15.1. The largest absolute Gasteiger partial charge is 0.371 e. The highest BCUT2D eigenvalue weighted by molar-refractivity contribution is 6.32. The molecule has 0 unspecified atom stereocenters. The summed E-state index contributed by atoms with van der Waals surface area (Å²) < 4.78 is 0. The first-order chi connectivity index (χ1) is 3.79. The van der Waals surface area contributed by atoms with Crippen molar-refractivity contribution in [3.63, 3.8) is 0 Å². The molecule has 2 nitrogen and oxygen atoms in total. The molecule has 0 aromatic carbocycles. The van der Waals surface area contributed by atoms with Gasteiger partial charge in [0.1, 0.15) is 14.0 Å². The van der Waals surface area contributed by atoms with Crippen LogP contribution in [0.2, 0.25) is 0 Å². The molecule has 0 bridgehead atoms. The molecule has 1 rings (SSSR count). The van der Waals surface area contributed by atoms with Gasteiger partial charge in [0, 0.05) is 6.21 Å². The van der Waals surface area contributed by atoms with Crippen LogP contribution >= 0.6 is 0 Å². The molecule has 3 heteroatoms. The fourth-order valence-electron chi connectivity index (χ4n) is 0.495. The summed E-state index contributed by atoms with van der Waals surface area (Å²) in [7, 11) is 5.35. The van der Waals surface area contributed by atoms with E-state index in [1.807, 2.05) is 6.92 Å². The first-order valence-corrected chi connectivity index (χ1v) is 2.54. The summed E-state index contributed by atoms with van der Waals surface area (Å²) in [5, 5.41) is 2.95. The Morgan fingerprint density at radius 1 is 1.88 bits per heavy atom. The van der Waals surface area contributed by atoms with E-state index in [2.05, 4.69) is 10.3 Å². The molecule has 0 fully saturated rings. The van der Waals surface area contributed by atoms with Gasteiger partial charge < -0.3 is 5.32 Å². The smallest absolute Gasteiger partial charge is 0.117 e. The van der Waals surface area contributed by atoms with Crippen molar-refractivity contribution in [2.75, 3.05) is 0 Å². The van der Waals surface area contributed by atoms with Crippen LogP contribution in [0.4, 0.5) is 0 Å². The minimum Gasteiger partial charge on any atom is -0.371 e. The predicted octanol–water partition coefficient (Wildman–Crippen LogP) is 0.0163. The highest BCUT2D eigenvalue weighted by Gasteiger charge is 1.96. The molecule has 0 aromatic heterocycles. The van der Waals surface area contributed by atoms with Crippen molar-refractivity contribution in [1.29, 1.82) is 0 Å². The second-order valence-electron chi connectivity index (χ2n) is 1.77. The highest BCUT2D eigenvalue weighted by Crippen LogP contribution is 1.92. The van der Waals surface area contributed by atoms with Gasteiger partial charge in [0.25, 0.3) is 0 Å².